The van der Waals surface area contributed by atoms with E-state index in [4.69, 9.17) is 4.42 Å². The van der Waals surface area contributed by atoms with E-state index in [1.54, 1.807) is 18.4 Å². The predicted octanol–water partition coefficient (Wildman–Crippen LogP) is 0.137. The van der Waals surface area contributed by atoms with Gasteiger partial charge in [0.2, 0.25) is 0 Å². The van der Waals surface area contributed by atoms with Crippen LogP contribution in [0, 0.1) is 0 Å². The average molecular weight is 324 g/mol. The fourth-order valence-electron chi connectivity index (χ4n) is 2.27. The molecule has 2 N–H and O–H groups in total. The Morgan fingerprint density at radius 1 is 1.17 bits per heavy atom. The standard InChI is InChI=1S/C17H16N4O3/c1-2-15-12(19-10-24-15)9-14-17(23)20-13(16(22)21-14)8-11-6-4-3-5-7-18-11/h3-5,7-10H,2,6H2,1H3,(H,20,23)(H,21,22)/b13-8-,14-9-. The molecular weight excluding hydrogens is 308 g/mol. The molecule has 0 aliphatic carbocycles. The lowest BCUT2D eigenvalue weighted by molar-refractivity contribution is 0.509. The molecule has 0 unspecified atom stereocenters. The Hall–Kier alpha value is -3.22. The number of aromatic amines is 2. The molecule has 3 heterocycles. The van der Waals surface area contributed by atoms with E-state index in [-0.39, 0.29) is 10.7 Å². The van der Waals surface area contributed by atoms with Crippen molar-refractivity contribution in [3.8, 4) is 0 Å². The summed E-state index contributed by atoms with van der Waals surface area (Å²) in [5.41, 5.74) is 0.398. The van der Waals surface area contributed by atoms with E-state index in [0.717, 1.165) is 0 Å². The minimum absolute atomic E-state index is 0.128. The highest BCUT2D eigenvalue weighted by Crippen LogP contribution is 2.06. The summed E-state index contributed by atoms with van der Waals surface area (Å²) in [7, 11) is 0. The molecule has 1 aliphatic rings. The van der Waals surface area contributed by atoms with Crippen LogP contribution < -0.4 is 21.8 Å². The zero-order valence-corrected chi connectivity index (χ0v) is 13.1. The molecule has 0 aromatic carbocycles. The quantitative estimate of drug-likeness (QED) is 0.838. The topological polar surface area (TPSA) is 104 Å². The van der Waals surface area contributed by atoms with Gasteiger partial charge in [-0.05, 0) is 18.2 Å². The lowest BCUT2D eigenvalue weighted by atomic mass is 10.2. The fourth-order valence-corrected chi connectivity index (χ4v) is 2.27. The van der Waals surface area contributed by atoms with Crippen molar-refractivity contribution in [2.45, 2.75) is 19.8 Å². The summed E-state index contributed by atoms with van der Waals surface area (Å²) in [6, 6.07) is 0. The van der Waals surface area contributed by atoms with Crippen molar-refractivity contribution in [2.75, 3.05) is 0 Å². The molecule has 0 saturated carbocycles. The zero-order valence-electron chi connectivity index (χ0n) is 13.1. The molecule has 0 amide bonds. The maximum Gasteiger partial charge on any atom is 0.272 e. The highest BCUT2D eigenvalue weighted by Gasteiger charge is 2.04. The summed E-state index contributed by atoms with van der Waals surface area (Å²) in [6.07, 6.45) is 12.8. The smallest absolute Gasteiger partial charge is 0.272 e. The van der Waals surface area contributed by atoms with Gasteiger partial charge in [0, 0.05) is 24.8 Å². The minimum atomic E-state index is -0.411. The Morgan fingerprint density at radius 3 is 2.67 bits per heavy atom. The lowest BCUT2D eigenvalue weighted by Gasteiger charge is -1.94. The summed E-state index contributed by atoms with van der Waals surface area (Å²) in [6.45, 7) is 1.92. The van der Waals surface area contributed by atoms with Gasteiger partial charge in [0.1, 0.15) is 22.2 Å². The predicted molar refractivity (Wildman–Crippen MR) is 91.2 cm³/mol. The number of hydrogen-bond acceptors (Lipinski definition) is 5. The van der Waals surface area contributed by atoms with E-state index in [9.17, 15) is 9.59 Å². The number of H-pyrrole nitrogens is 2. The number of oxazole rings is 1. The van der Waals surface area contributed by atoms with Gasteiger partial charge < -0.3 is 14.4 Å². The molecule has 0 atom stereocenters. The van der Waals surface area contributed by atoms with Crippen molar-refractivity contribution >= 4 is 17.9 Å². The van der Waals surface area contributed by atoms with E-state index in [2.05, 4.69) is 19.9 Å². The Bertz CT molecular complexity index is 1060. The second-order valence-corrected chi connectivity index (χ2v) is 5.13. The van der Waals surface area contributed by atoms with Crippen LogP contribution in [0.2, 0.25) is 0 Å². The van der Waals surface area contributed by atoms with Crippen LogP contribution in [0.1, 0.15) is 24.8 Å². The van der Waals surface area contributed by atoms with Gasteiger partial charge in [-0.15, -0.1) is 0 Å². The Kier molecular flexibility index (Phi) is 4.51. The normalized spacial score (nSPS) is 15.6. The van der Waals surface area contributed by atoms with Crippen molar-refractivity contribution in [2.24, 2.45) is 4.99 Å². The first-order chi connectivity index (χ1) is 11.7. The number of nitrogens with zero attached hydrogens (tertiary/aromatic N) is 2. The summed E-state index contributed by atoms with van der Waals surface area (Å²) in [5.74, 6) is 0.650. The molecule has 122 valence electrons. The molecule has 7 heteroatoms. The summed E-state index contributed by atoms with van der Waals surface area (Å²) < 4.78 is 5.21. The second-order valence-electron chi connectivity index (χ2n) is 5.13. The SMILES string of the molecule is CCc1ocnc1/C=c1\[nH]c(=O)/c(=C/C2=NC=CC=CC2)[nH]c1=O. The van der Waals surface area contributed by atoms with E-state index >= 15 is 0 Å². The largest absolute Gasteiger partial charge is 0.448 e. The zero-order chi connectivity index (χ0) is 16.9. The second kappa shape index (κ2) is 6.91. The fraction of sp³-hybridized carbons (Fsp3) is 0.176. The maximum atomic E-state index is 12.2. The van der Waals surface area contributed by atoms with Gasteiger partial charge >= 0.3 is 0 Å². The molecule has 0 bridgehead atoms. The molecule has 0 fully saturated rings. The van der Waals surface area contributed by atoms with Gasteiger partial charge in [0.25, 0.3) is 11.1 Å². The van der Waals surface area contributed by atoms with Gasteiger partial charge in [-0.1, -0.05) is 19.1 Å². The van der Waals surface area contributed by atoms with E-state index < -0.39 is 11.1 Å². The molecule has 0 spiro atoms. The van der Waals surface area contributed by atoms with Crippen LogP contribution in [0.3, 0.4) is 0 Å². The van der Waals surface area contributed by atoms with Gasteiger partial charge in [-0.25, -0.2) is 4.98 Å². The number of aromatic nitrogens is 3. The van der Waals surface area contributed by atoms with E-state index in [0.29, 0.717) is 30.0 Å². The van der Waals surface area contributed by atoms with Gasteiger partial charge in [-0.3, -0.25) is 14.6 Å². The van der Waals surface area contributed by atoms with Crippen molar-refractivity contribution in [1.82, 2.24) is 15.0 Å². The van der Waals surface area contributed by atoms with Crippen LogP contribution in [0.5, 0.6) is 0 Å². The first kappa shape index (κ1) is 15.7. The van der Waals surface area contributed by atoms with Crippen LogP contribution in [0.4, 0.5) is 0 Å². The molecule has 2 aromatic rings. The highest BCUT2D eigenvalue weighted by atomic mass is 16.3. The average Bonchev–Trinajstić information content (AvgIpc) is 2.86. The summed E-state index contributed by atoms with van der Waals surface area (Å²) in [5, 5.41) is 0.291. The monoisotopic (exact) mass is 324 g/mol. The third-order valence-corrected chi connectivity index (χ3v) is 3.47. The van der Waals surface area contributed by atoms with Crippen LogP contribution in [-0.4, -0.2) is 20.7 Å². The Labute approximate surface area is 136 Å². The first-order valence-corrected chi connectivity index (χ1v) is 7.54. The Balaban J connectivity index is 2.09. The van der Waals surface area contributed by atoms with E-state index in [1.165, 1.54) is 12.5 Å². The third-order valence-electron chi connectivity index (χ3n) is 3.47. The number of rotatable bonds is 3. The molecule has 7 nitrogen and oxygen atoms in total. The number of nitrogens with one attached hydrogen (secondary N) is 2. The van der Waals surface area contributed by atoms with Crippen molar-refractivity contribution < 1.29 is 4.42 Å². The molecule has 2 aromatic heterocycles. The molecule has 0 radical (unpaired) electrons. The van der Waals surface area contributed by atoms with Crippen molar-refractivity contribution in [1.29, 1.82) is 0 Å². The molecule has 3 rings (SSSR count). The molecular formula is C17H16N4O3. The van der Waals surface area contributed by atoms with Crippen LogP contribution >= 0.6 is 0 Å². The van der Waals surface area contributed by atoms with Crippen LogP contribution in [0.25, 0.3) is 12.2 Å². The Morgan fingerprint density at radius 2 is 1.92 bits per heavy atom. The van der Waals surface area contributed by atoms with E-state index in [1.807, 2.05) is 19.1 Å². The molecule has 0 saturated heterocycles. The number of aryl methyl sites for hydroxylation is 1. The van der Waals surface area contributed by atoms with Crippen molar-refractivity contribution in [3.05, 3.63) is 73.7 Å². The molecule has 1 aliphatic heterocycles. The minimum Gasteiger partial charge on any atom is -0.448 e. The lowest BCUT2D eigenvalue weighted by Crippen LogP contribution is -2.47. The maximum absolute atomic E-state index is 12.2. The first-order valence-electron chi connectivity index (χ1n) is 7.54. The third kappa shape index (κ3) is 3.40. The van der Waals surface area contributed by atoms with Crippen LogP contribution in [-0.2, 0) is 6.42 Å². The summed E-state index contributed by atoms with van der Waals surface area (Å²) in [4.78, 5) is 37.9. The van der Waals surface area contributed by atoms with Gasteiger partial charge in [-0.2, -0.15) is 0 Å². The number of aliphatic imine (C=N–C) groups is 1. The highest BCUT2D eigenvalue weighted by molar-refractivity contribution is 6.11. The molecule has 24 heavy (non-hydrogen) atoms. The van der Waals surface area contributed by atoms with Gasteiger partial charge in [0.05, 0.1) is 0 Å². The number of allylic oxidation sites excluding steroid dienone is 3. The van der Waals surface area contributed by atoms with Crippen molar-refractivity contribution in [3.63, 3.8) is 0 Å². The van der Waals surface area contributed by atoms with Crippen LogP contribution in [0.15, 0.2) is 49.8 Å². The summed E-state index contributed by atoms with van der Waals surface area (Å²) >= 11 is 0. The number of hydrogen-bond donors (Lipinski definition) is 2. The van der Waals surface area contributed by atoms with Gasteiger partial charge in [0.15, 0.2) is 6.39 Å².